The third kappa shape index (κ3) is 7.60. The van der Waals surface area contributed by atoms with Gasteiger partial charge in [0.2, 0.25) is 5.96 Å². The topological polar surface area (TPSA) is 133 Å². The number of hydrogen-bond donors (Lipinski definition) is 3. The number of rotatable bonds is 8. The molecule has 1 aliphatic carbocycles. The van der Waals surface area contributed by atoms with Crippen molar-refractivity contribution < 1.29 is 17.9 Å². The van der Waals surface area contributed by atoms with E-state index in [0.717, 1.165) is 31.2 Å². The fourth-order valence-corrected chi connectivity index (χ4v) is 5.13. The van der Waals surface area contributed by atoms with Crippen molar-refractivity contribution in [3.8, 4) is 11.9 Å². The first-order valence-corrected chi connectivity index (χ1v) is 13.5. The molecule has 0 heterocycles. The second-order valence-corrected chi connectivity index (χ2v) is 10.8. The Kier molecular flexibility index (Phi) is 9.56. The molecule has 11 heteroatoms. The lowest BCUT2D eigenvalue weighted by molar-refractivity contribution is 0.0951. The molecule has 0 radical (unpaired) electrons. The van der Waals surface area contributed by atoms with Crippen LogP contribution in [0.25, 0.3) is 0 Å². The molecule has 3 rings (SSSR count). The van der Waals surface area contributed by atoms with E-state index in [1.807, 2.05) is 0 Å². The van der Waals surface area contributed by atoms with Crippen molar-refractivity contribution in [1.82, 2.24) is 15.4 Å². The molecule has 1 amide bonds. The zero-order chi connectivity index (χ0) is 26.1. The van der Waals surface area contributed by atoms with E-state index in [1.54, 1.807) is 30.5 Å². The molecule has 9 nitrogen and oxygen atoms in total. The monoisotopic (exact) mass is 531 g/mol. The summed E-state index contributed by atoms with van der Waals surface area (Å²) in [6.07, 6.45) is 6.00. The summed E-state index contributed by atoms with van der Waals surface area (Å²) in [6.45, 7) is 2.52. The van der Waals surface area contributed by atoms with Crippen LogP contribution >= 0.6 is 11.6 Å². The predicted molar refractivity (Wildman–Crippen MR) is 138 cm³/mol. The van der Waals surface area contributed by atoms with Gasteiger partial charge in [0.1, 0.15) is 5.75 Å². The molecule has 0 saturated heterocycles. The maximum Gasteiger partial charge on any atom is 0.264 e. The molecular weight excluding hydrogens is 502 g/mol. The van der Waals surface area contributed by atoms with Crippen molar-refractivity contribution in [2.24, 2.45) is 10.9 Å². The molecule has 0 unspecified atom stereocenters. The van der Waals surface area contributed by atoms with Gasteiger partial charge in [-0.15, -0.1) is 0 Å². The fourth-order valence-electron chi connectivity index (χ4n) is 3.99. The Hall–Kier alpha value is -3.29. The molecule has 1 aliphatic rings. The highest BCUT2D eigenvalue weighted by atomic mass is 35.5. The number of methoxy groups -OCH3 is 1. The zero-order valence-corrected chi connectivity index (χ0v) is 21.8. The summed E-state index contributed by atoms with van der Waals surface area (Å²) in [4.78, 5) is 17.0. The number of nitrogens with zero attached hydrogens (tertiary/aromatic N) is 2. The van der Waals surface area contributed by atoms with Gasteiger partial charge in [-0.2, -0.15) is 5.26 Å². The van der Waals surface area contributed by atoms with E-state index < -0.39 is 10.0 Å². The molecule has 0 spiro atoms. The third-order valence-corrected chi connectivity index (χ3v) is 7.63. The molecule has 0 aliphatic heterocycles. The predicted octanol–water partition coefficient (Wildman–Crippen LogP) is 3.60. The average molecular weight is 532 g/mol. The highest BCUT2D eigenvalue weighted by molar-refractivity contribution is 7.90. The van der Waals surface area contributed by atoms with Gasteiger partial charge < -0.3 is 10.1 Å². The second kappa shape index (κ2) is 12.6. The molecule has 3 N–H and O–H groups in total. The summed E-state index contributed by atoms with van der Waals surface area (Å²) in [5, 5.41) is 14.6. The molecule has 1 saturated carbocycles. The lowest BCUT2D eigenvalue weighted by atomic mass is 9.88. The number of amides is 1. The maximum absolute atomic E-state index is 12.8. The molecule has 0 atom stereocenters. The summed E-state index contributed by atoms with van der Waals surface area (Å²) >= 11 is 5.99. The second-order valence-electron chi connectivity index (χ2n) is 8.73. The number of carbonyl (C=O) groups is 1. The van der Waals surface area contributed by atoms with Crippen LogP contribution in [0.5, 0.6) is 5.75 Å². The van der Waals surface area contributed by atoms with Crippen molar-refractivity contribution in [3.63, 3.8) is 0 Å². The lowest BCUT2D eigenvalue weighted by Gasteiger charge is -2.23. The molecule has 2 aromatic carbocycles. The standard InChI is InChI=1S/C25H30ClN5O4S/c1-17-3-8-20(9-4-17)30-25(29-16-27)31-36(33,34)21-10-5-18(6-11-21)13-14-28-24(32)22-15-19(26)7-12-23(22)35-2/h5-7,10-12,15,17,20H,3-4,8-9,13-14H2,1-2H3,(H,28,32)(H2,29,30,31). The van der Waals surface area contributed by atoms with Gasteiger partial charge in [-0.25, -0.2) is 18.1 Å². The molecular formula is C25H30ClN5O4S. The largest absolute Gasteiger partial charge is 0.496 e. The van der Waals surface area contributed by atoms with E-state index in [4.69, 9.17) is 21.6 Å². The quantitative estimate of drug-likeness (QED) is 0.206. The van der Waals surface area contributed by atoms with E-state index in [0.29, 0.717) is 35.2 Å². The van der Waals surface area contributed by atoms with Gasteiger partial charge in [0, 0.05) is 11.6 Å². The average Bonchev–Trinajstić information content (AvgIpc) is 2.85. The fraction of sp³-hybridized carbons (Fsp3) is 0.400. The van der Waals surface area contributed by atoms with Crippen LogP contribution in [0.1, 0.15) is 48.5 Å². The first kappa shape index (κ1) is 27.3. The Morgan fingerprint density at radius 1 is 1.17 bits per heavy atom. The van der Waals surface area contributed by atoms with E-state index in [-0.39, 0.29) is 22.8 Å². The SMILES string of the molecule is COc1ccc(Cl)cc1C(=O)NCCc1ccc(S(=O)(=O)NC(=NC2CCC(C)CC2)NC#N)cc1. The van der Waals surface area contributed by atoms with E-state index in [2.05, 4.69) is 27.3 Å². The third-order valence-electron chi connectivity index (χ3n) is 6.04. The number of hydrogen-bond acceptors (Lipinski definition) is 6. The number of halogens is 1. The highest BCUT2D eigenvalue weighted by Crippen LogP contribution is 2.25. The van der Waals surface area contributed by atoms with Gasteiger partial charge in [0.05, 0.1) is 23.6 Å². The van der Waals surface area contributed by atoms with Gasteiger partial charge in [0.25, 0.3) is 15.9 Å². The minimum atomic E-state index is -3.93. The van der Waals surface area contributed by atoms with Gasteiger partial charge in [-0.05, 0) is 73.9 Å². The first-order valence-electron chi connectivity index (χ1n) is 11.7. The smallest absolute Gasteiger partial charge is 0.264 e. The number of guanidine groups is 1. The molecule has 36 heavy (non-hydrogen) atoms. The maximum atomic E-state index is 12.8. The van der Waals surface area contributed by atoms with Crippen LogP contribution in [-0.2, 0) is 16.4 Å². The van der Waals surface area contributed by atoms with E-state index >= 15 is 0 Å². The van der Waals surface area contributed by atoms with Crippen molar-refractivity contribution in [1.29, 1.82) is 5.26 Å². The molecule has 0 aromatic heterocycles. The summed E-state index contributed by atoms with van der Waals surface area (Å²) in [7, 11) is -2.45. The van der Waals surface area contributed by atoms with Crippen LogP contribution in [-0.4, -0.2) is 40.0 Å². The van der Waals surface area contributed by atoms with Gasteiger partial charge in [-0.3, -0.25) is 10.1 Å². The Bertz CT molecular complexity index is 1230. The van der Waals surface area contributed by atoms with Gasteiger partial charge in [0.15, 0.2) is 6.19 Å². The van der Waals surface area contributed by atoms with E-state index in [1.165, 1.54) is 25.3 Å². The summed E-state index contributed by atoms with van der Waals surface area (Å²) < 4.78 is 33.3. The van der Waals surface area contributed by atoms with Crippen molar-refractivity contribution in [3.05, 3.63) is 58.6 Å². The summed E-state index contributed by atoms with van der Waals surface area (Å²) in [6, 6.07) is 11.1. The van der Waals surface area contributed by atoms with Crippen LogP contribution in [0.15, 0.2) is 52.4 Å². The number of aliphatic imine (C=N–C) groups is 1. The summed E-state index contributed by atoms with van der Waals surface area (Å²) in [5.74, 6) is 0.667. The minimum Gasteiger partial charge on any atom is -0.496 e. The Morgan fingerprint density at radius 3 is 2.50 bits per heavy atom. The molecule has 192 valence electrons. The zero-order valence-electron chi connectivity index (χ0n) is 20.3. The summed E-state index contributed by atoms with van der Waals surface area (Å²) in [5.41, 5.74) is 1.18. The Labute approximate surface area is 217 Å². The number of nitriles is 1. The minimum absolute atomic E-state index is 0.0239. The number of ether oxygens (including phenoxy) is 1. The lowest BCUT2D eigenvalue weighted by Crippen LogP contribution is -2.40. The van der Waals surface area contributed by atoms with Gasteiger partial charge in [-0.1, -0.05) is 30.7 Å². The van der Waals surface area contributed by atoms with Crippen LogP contribution in [0, 0.1) is 17.4 Å². The van der Waals surface area contributed by atoms with Gasteiger partial charge >= 0.3 is 0 Å². The van der Waals surface area contributed by atoms with Crippen LogP contribution in [0.3, 0.4) is 0 Å². The highest BCUT2D eigenvalue weighted by Gasteiger charge is 2.21. The Balaban J connectivity index is 1.59. The van der Waals surface area contributed by atoms with Crippen LogP contribution < -0.4 is 20.1 Å². The molecule has 0 bridgehead atoms. The van der Waals surface area contributed by atoms with Crippen molar-refractivity contribution in [2.75, 3.05) is 13.7 Å². The van der Waals surface area contributed by atoms with E-state index in [9.17, 15) is 13.2 Å². The number of sulfonamides is 1. The van der Waals surface area contributed by atoms with Crippen molar-refractivity contribution in [2.45, 2.75) is 50.0 Å². The normalized spacial score (nSPS) is 18.1. The number of nitrogens with one attached hydrogen (secondary N) is 3. The molecule has 2 aromatic rings. The number of benzene rings is 2. The first-order chi connectivity index (χ1) is 17.2. The Morgan fingerprint density at radius 2 is 1.86 bits per heavy atom. The number of carbonyl (C=O) groups excluding carboxylic acids is 1. The van der Waals surface area contributed by atoms with Crippen LogP contribution in [0.4, 0.5) is 0 Å². The van der Waals surface area contributed by atoms with Crippen molar-refractivity contribution >= 4 is 33.5 Å². The van der Waals surface area contributed by atoms with Crippen LogP contribution in [0.2, 0.25) is 5.02 Å². The molecule has 1 fully saturated rings.